The molecule has 0 saturated carbocycles. The molecule has 4 heteroatoms. The summed E-state index contributed by atoms with van der Waals surface area (Å²) in [5, 5.41) is 0. The molecule has 0 aliphatic heterocycles. The highest BCUT2D eigenvalue weighted by atomic mass is 19.1. The van der Waals surface area contributed by atoms with E-state index in [1.165, 1.54) is 17.7 Å². The summed E-state index contributed by atoms with van der Waals surface area (Å²) in [6, 6.07) is 7.75. The lowest BCUT2D eigenvalue weighted by molar-refractivity contribution is 0.621. The summed E-state index contributed by atoms with van der Waals surface area (Å²) in [5.74, 6) is -0.329. The van der Waals surface area contributed by atoms with Gasteiger partial charge in [0.1, 0.15) is 5.82 Å². The number of nitrogens with zero attached hydrogens (tertiary/aromatic N) is 1. The van der Waals surface area contributed by atoms with Crippen molar-refractivity contribution in [3.63, 3.8) is 0 Å². The van der Waals surface area contributed by atoms with E-state index < -0.39 is 0 Å². The van der Waals surface area contributed by atoms with E-state index >= 15 is 0 Å². The number of pyridine rings is 1. The molecule has 1 aliphatic rings. The van der Waals surface area contributed by atoms with Crippen LogP contribution in [0.4, 0.5) is 10.1 Å². The number of aromatic nitrogens is 1. The van der Waals surface area contributed by atoms with Crippen LogP contribution in [-0.2, 0) is 19.4 Å². The predicted octanol–water partition coefficient (Wildman–Crippen LogP) is 2.11. The van der Waals surface area contributed by atoms with Gasteiger partial charge in [0.05, 0.1) is 6.54 Å². The number of nitrogens with two attached hydrogens (primary N) is 1. The van der Waals surface area contributed by atoms with Crippen LogP contribution in [0.5, 0.6) is 0 Å². The first-order valence-corrected chi connectivity index (χ1v) is 6.40. The molecule has 19 heavy (non-hydrogen) atoms. The standard InChI is InChI=1S/C15H15FN2O/c16-12-5-6-13(17)11(8-12)9-18-14-3-1-2-10(14)4-7-15(18)19/h4-8H,1-3,9,17H2. The third kappa shape index (κ3) is 2.14. The summed E-state index contributed by atoms with van der Waals surface area (Å²) < 4.78 is 15.0. The topological polar surface area (TPSA) is 48.0 Å². The third-order valence-electron chi connectivity index (χ3n) is 3.68. The molecule has 0 unspecified atom stereocenters. The zero-order valence-electron chi connectivity index (χ0n) is 10.5. The summed E-state index contributed by atoms with van der Waals surface area (Å²) in [4.78, 5) is 12.0. The minimum atomic E-state index is -0.329. The predicted molar refractivity (Wildman–Crippen MR) is 72.6 cm³/mol. The van der Waals surface area contributed by atoms with Gasteiger partial charge in [0.15, 0.2) is 0 Å². The molecule has 2 aromatic rings. The fourth-order valence-corrected chi connectivity index (χ4v) is 2.69. The number of benzene rings is 1. The smallest absolute Gasteiger partial charge is 0.251 e. The fourth-order valence-electron chi connectivity index (χ4n) is 2.69. The van der Waals surface area contributed by atoms with Crippen molar-refractivity contribution in [2.24, 2.45) is 0 Å². The van der Waals surface area contributed by atoms with Crippen LogP contribution in [0.1, 0.15) is 23.2 Å². The number of rotatable bonds is 2. The Morgan fingerprint density at radius 1 is 1.21 bits per heavy atom. The third-order valence-corrected chi connectivity index (χ3v) is 3.68. The second kappa shape index (κ2) is 4.53. The van der Waals surface area contributed by atoms with Gasteiger partial charge < -0.3 is 10.3 Å². The first kappa shape index (κ1) is 12.0. The van der Waals surface area contributed by atoms with Gasteiger partial charge in [-0.2, -0.15) is 0 Å². The monoisotopic (exact) mass is 258 g/mol. The van der Waals surface area contributed by atoms with Gasteiger partial charge in [0, 0.05) is 17.4 Å². The first-order valence-electron chi connectivity index (χ1n) is 6.40. The fraction of sp³-hybridized carbons (Fsp3) is 0.267. The number of hydrogen-bond acceptors (Lipinski definition) is 2. The molecule has 0 amide bonds. The molecular weight excluding hydrogens is 243 g/mol. The van der Waals surface area contributed by atoms with Crippen molar-refractivity contribution in [3.05, 3.63) is 63.3 Å². The van der Waals surface area contributed by atoms with Crippen molar-refractivity contribution < 1.29 is 4.39 Å². The maximum atomic E-state index is 13.3. The summed E-state index contributed by atoms with van der Waals surface area (Å²) >= 11 is 0. The van der Waals surface area contributed by atoms with Gasteiger partial charge in [-0.05, 0) is 48.6 Å². The lowest BCUT2D eigenvalue weighted by Gasteiger charge is -2.13. The number of anilines is 1. The average Bonchev–Trinajstić information content (AvgIpc) is 2.85. The second-order valence-corrected chi connectivity index (χ2v) is 4.93. The van der Waals surface area contributed by atoms with E-state index in [1.54, 1.807) is 16.7 Å². The maximum Gasteiger partial charge on any atom is 0.251 e. The molecule has 0 spiro atoms. The minimum Gasteiger partial charge on any atom is -0.398 e. The zero-order valence-corrected chi connectivity index (χ0v) is 10.5. The Balaban J connectivity index is 2.07. The highest BCUT2D eigenvalue weighted by Crippen LogP contribution is 2.22. The number of halogens is 1. The normalized spacial score (nSPS) is 13.5. The Kier molecular flexibility index (Phi) is 2.85. The van der Waals surface area contributed by atoms with Gasteiger partial charge in [-0.3, -0.25) is 4.79 Å². The Morgan fingerprint density at radius 3 is 2.89 bits per heavy atom. The molecule has 1 aromatic carbocycles. The summed E-state index contributed by atoms with van der Waals surface area (Å²) in [6.45, 7) is 0.339. The number of nitrogen functional groups attached to an aromatic ring is 1. The average molecular weight is 258 g/mol. The molecule has 0 saturated heterocycles. The molecule has 0 fully saturated rings. The molecule has 1 heterocycles. The number of fused-ring (bicyclic) bond motifs is 1. The highest BCUT2D eigenvalue weighted by molar-refractivity contribution is 5.47. The molecule has 0 bridgehead atoms. The molecule has 98 valence electrons. The maximum absolute atomic E-state index is 13.3. The van der Waals surface area contributed by atoms with E-state index in [1.807, 2.05) is 6.07 Å². The molecule has 3 rings (SSSR count). The van der Waals surface area contributed by atoms with Crippen LogP contribution in [-0.4, -0.2) is 4.57 Å². The largest absolute Gasteiger partial charge is 0.398 e. The van der Waals surface area contributed by atoms with Crippen molar-refractivity contribution in [2.75, 3.05) is 5.73 Å². The Morgan fingerprint density at radius 2 is 2.05 bits per heavy atom. The Hall–Kier alpha value is -2.10. The Bertz CT molecular complexity index is 691. The van der Waals surface area contributed by atoms with Crippen molar-refractivity contribution in [2.45, 2.75) is 25.8 Å². The lowest BCUT2D eigenvalue weighted by Crippen LogP contribution is -2.23. The van der Waals surface area contributed by atoms with Gasteiger partial charge >= 0.3 is 0 Å². The van der Waals surface area contributed by atoms with Crippen LogP contribution < -0.4 is 11.3 Å². The molecule has 1 aromatic heterocycles. The van der Waals surface area contributed by atoms with Gasteiger partial charge in [-0.15, -0.1) is 0 Å². The summed E-state index contributed by atoms with van der Waals surface area (Å²) in [7, 11) is 0. The zero-order chi connectivity index (χ0) is 13.4. The van der Waals surface area contributed by atoms with Gasteiger partial charge in [0.2, 0.25) is 0 Å². The molecule has 2 N–H and O–H groups in total. The van der Waals surface area contributed by atoms with Crippen molar-refractivity contribution in [3.8, 4) is 0 Å². The second-order valence-electron chi connectivity index (χ2n) is 4.93. The van der Waals surface area contributed by atoms with Gasteiger partial charge in [-0.25, -0.2) is 4.39 Å². The van der Waals surface area contributed by atoms with E-state index in [4.69, 9.17) is 5.73 Å². The summed E-state index contributed by atoms with van der Waals surface area (Å²) in [6.07, 6.45) is 2.98. The van der Waals surface area contributed by atoms with Crippen LogP contribution in [0, 0.1) is 5.82 Å². The van der Waals surface area contributed by atoms with Crippen LogP contribution in [0.25, 0.3) is 0 Å². The lowest BCUT2D eigenvalue weighted by atomic mass is 10.1. The van der Waals surface area contributed by atoms with Crippen LogP contribution in [0.15, 0.2) is 35.1 Å². The van der Waals surface area contributed by atoms with E-state index in [9.17, 15) is 9.18 Å². The molecule has 0 atom stereocenters. The SMILES string of the molecule is Nc1ccc(F)cc1Cn1c2c(ccc1=O)CCC2. The molecular formula is C15H15FN2O. The van der Waals surface area contributed by atoms with E-state index in [-0.39, 0.29) is 11.4 Å². The molecule has 3 nitrogen and oxygen atoms in total. The number of aryl methyl sites for hydroxylation is 1. The minimum absolute atomic E-state index is 0.0516. The van der Waals surface area contributed by atoms with Crippen LogP contribution in [0.2, 0.25) is 0 Å². The van der Waals surface area contributed by atoms with Crippen LogP contribution >= 0.6 is 0 Å². The van der Waals surface area contributed by atoms with E-state index in [2.05, 4.69) is 0 Å². The highest BCUT2D eigenvalue weighted by Gasteiger charge is 2.16. The number of hydrogen-bond donors (Lipinski definition) is 1. The first-order chi connectivity index (χ1) is 9.15. The molecule has 1 aliphatic carbocycles. The van der Waals surface area contributed by atoms with Gasteiger partial charge in [0.25, 0.3) is 5.56 Å². The van der Waals surface area contributed by atoms with Crippen molar-refractivity contribution in [1.82, 2.24) is 4.57 Å². The van der Waals surface area contributed by atoms with E-state index in [0.29, 0.717) is 17.8 Å². The van der Waals surface area contributed by atoms with Crippen molar-refractivity contribution >= 4 is 5.69 Å². The van der Waals surface area contributed by atoms with Crippen molar-refractivity contribution in [1.29, 1.82) is 0 Å². The Labute approximate surface area is 110 Å². The summed E-state index contributed by atoms with van der Waals surface area (Å²) in [5.41, 5.74) is 9.25. The van der Waals surface area contributed by atoms with Crippen LogP contribution in [0.3, 0.4) is 0 Å². The molecule has 0 radical (unpaired) electrons. The quantitative estimate of drug-likeness (QED) is 0.839. The van der Waals surface area contributed by atoms with E-state index in [0.717, 1.165) is 25.0 Å². The van der Waals surface area contributed by atoms with Gasteiger partial charge in [-0.1, -0.05) is 6.07 Å².